The number of thiazole rings is 1. The molecule has 94 valence electrons. The first-order valence-electron chi connectivity index (χ1n) is 4.57. The van der Waals surface area contributed by atoms with Crippen molar-refractivity contribution in [3.8, 4) is 0 Å². The highest BCUT2D eigenvalue weighted by Gasteiger charge is 2.16. The van der Waals surface area contributed by atoms with E-state index in [1.54, 1.807) is 12.1 Å². The Labute approximate surface area is 125 Å². The van der Waals surface area contributed by atoms with Gasteiger partial charge >= 0.3 is 5.97 Å². The van der Waals surface area contributed by atoms with Gasteiger partial charge in [0.2, 0.25) is 0 Å². The lowest BCUT2D eigenvalue weighted by molar-refractivity contribution is 0.0692. The van der Waals surface area contributed by atoms with Crippen LogP contribution in [0.1, 0.15) is 10.5 Å². The van der Waals surface area contributed by atoms with Crippen molar-refractivity contribution in [1.82, 2.24) is 4.98 Å². The van der Waals surface area contributed by atoms with Crippen molar-refractivity contribution in [2.24, 2.45) is 0 Å². The number of halogens is 3. The van der Waals surface area contributed by atoms with Gasteiger partial charge < -0.3 is 10.4 Å². The fourth-order valence-electron chi connectivity index (χ4n) is 1.26. The number of carboxylic acids is 1. The van der Waals surface area contributed by atoms with Crippen LogP contribution in [0.3, 0.4) is 0 Å². The van der Waals surface area contributed by atoms with E-state index in [0.717, 1.165) is 15.8 Å². The molecule has 1 aromatic heterocycles. The van der Waals surface area contributed by atoms with Crippen molar-refractivity contribution in [1.29, 1.82) is 0 Å². The molecule has 18 heavy (non-hydrogen) atoms. The predicted octanol–water partition coefficient (Wildman–Crippen LogP) is 4.65. The van der Waals surface area contributed by atoms with E-state index in [1.165, 1.54) is 5.51 Å². The normalized spacial score (nSPS) is 10.4. The molecule has 0 atom stereocenters. The van der Waals surface area contributed by atoms with Crippen molar-refractivity contribution >= 4 is 67.1 Å². The monoisotopic (exact) mass is 366 g/mol. The highest BCUT2D eigenvalue weighted by Crippen LogP contribution is 2.37. The number of aromatic carboxylic acids is 1. The quantitative estimate of drug-likeness (QED) is 0.828. The summed E-state index contributed by atoms with van der Waals surface area (Å²) in [7, 11) is 0. The van der Waals surface area contributed by atoms with Gasteiger partial charge in [0, 0.05) is 4.47 Å². The lowest BCUT2D eigenvalue weighted by Gasteiger charge is -2.09. The Kier molecular flexibility index (Phi) is 4.11. The molecule has 1 heterocycles. The number of aromatic nitrogens is 1. The number of hydrogen-bond donors (Lipinski definition) is 2. The molecule has 0 amide bonds. The van der Waals surface area contributed by atoms with Crippen LogP contribution in [0.2, 0.25) is 10.0 Å². The molecule has 4 nitrogen and oxygen atoms in total. The Hall–Kier alpha value is -0.820. The van der Waals surface area contributed by atoms with Crippen LogP contribution in [0.15, 0.2) is 22.1 Å². The number of nitrogens with zero attached hydrogens (tertiary/aromatic N) is 1. The largest absolute Gasteiger partial charge is 0.476 e. The maximum Gasteiger partial charge on any atom is 0.357 e. The van der Waals surface area contributed by atoms with Crippen LogP contribution in [0.5, 0.6) is 0 Å². The van der Waals surface area contributed by atoms with Gasteiger partial charge in [-0.05, 0) is 12.1 Å². The molecule has 2 rings (SSSR count). The van der Waals surface area contributed by atoms with Crippen molar-refractivity contribution in [2.75, 3.05) is 5.32 Å². The number of carbonyl (C=O) groups is 1. The molecule has 8 heteroatoms. The maximum absolute atomic E-state index is 10.9. The summed E-state index contributed by atoms with van der Waals surface area (Å²) in [6.07, 6.45) is 0. The molecule has 0 bridgehead atoms. The minimum atomic E-state index is -1.11. The molecule has 0 saturated heterocycles. The zero-order chi connectivity index (χ0) is 13.3. The lowest BCUT2D eigenvalue weighted by Crippen LogP contribution is -2.01. The second-order valence-electron chi connectivity index (χ2n) is 3.20. The van der Waals surface area contributed by atoms with Crippen molar-refractivity contribution < 1.29 is 9.90 Å². The molecule has 0 aliphatic carbocycles. The summed E-state index contributed by atoms with van der Waals surface area (Å²) in [5, 5.41) is 13.0. The van der Waals surface area contributed by atoms with Gasteiger partial charge in [-0.2, -0.15) is 0 Å². The van der Waals surface area contributed by atoms with Crippen molar-refractivity contribution in [3.05, 3.63) is 37.9 Å². The third kappa shape index (κ3) is 2.77. The summed E-state index contributed by atoms with van der Waals surface area (Å²) < 4.78 is 0.741. The fraction of sp³-hybridized carbons (Fsp3) is 0. The van der Waals surface area contributed by atoms with Crippen LogP contribution in [-0.4, -0.2) is 16.1 Å². The SMILES string of the molecule is O=C(O)c1ncsc1Nc1c(Cl)cc(Br)cc1Cl. The summed E-state index contributed by atoms with van der Waals surface area (Å²) >= 11 is 16.5. The standard InChI is InChI=1S/C10H5BrCl2N2O2S/c11-4-1-5(12)7(6(13)2-4)15-9-8(10(16)17)14-3-18-9/h1-3,15H,(H,16,17). The molecular formula is C10H5BrCl2N2O2S. The average Bonchev–Trinajstić information content (AvgIpc) is 2.71. The van der Waals surface area contributed by atoms with E-state index in [4.69, 9.17) is 28.3 Å². The van der Waals surface area contributed by atoms with Crippen molar-refractivity contribution in [3.63, 3.8) is 0 Å². The van der Waals surface area contributed by atoms with Gasteiger partial charge in [-0.1, -0.05) is 39.1 Å². The molecule has 0 aliphatic heterocycles. The predicted molar refractivity (Wildman–Crippen MR) is 76.5 cm³/mol. The molecule has 0 aliphatic rings. The highest BCUT2D eigenvalue weighted by atomic mass is 79.9. The minimum Gasteiger partial charge on any atom is -0.476 e. The zero-order valence-corrected chi connectivity index (χ0v) is 12.5. The number of nitrogens with one attached hydrogen (secondary N) is 1. The second kappa shape index (κ2) is 5.44. The van der Waals surface area contributed by atoms with E-state index in [2.05, 4.69) is 26.2 Å². The molecule has 0 radical (unpaired) electrons. The van der Waals surface area contributed by atoms with Gasteiger partial charge in [-0.15, -0.1) is 11.3 Å². The Morgan fingerprint density at radius 3 is 2.56 bits per heavy atom. The molecule has 0 unspecified atom stereocenters. The summed E-state index contributed by atoms with van der Waals surface area (Å²) in [5.41, 5.74) is 1.83. The summed E-state index contributed by atoms with van der Waals surface area (Å²) in [6.45, 7) is 0. The van der Waals surface area contributed by atoms with E-state index < -0.39 is 5.97 Å². The first-order valence-corrected chi connectivity index (χ1v) is 7.00. The van der Waals surface area contributed by atoms with E-state index in [1.807, 2.05) is 0 Å². The molecule has 2 aromatic rings. The average molecular weight is 368 g/mol. The second-order valence-corrected chi connectivity index (χ2v) is 5.79. The first-order chi connectivity index (χ1) is 8.49. The molecule has 0 fully saturated rings. The Morgan fingerprint density at radius 1 is 1.39 bits per heavy atom. The van der Waals surface area contributed by atoms with Gasteiger partial charge in [0.15, 0.2) is 5.69 Å². The molecule has 0 spiro atoms. The highest BCUT2D eigenvalue weighted by molar-refractivity contribution is 9.10. The third-order valence-electron chi connectivity index (χ3n) is 2.02. The smallest absolute Gasteiger partial charge is 0.357 e. The summed E-state index contributed by atoms with van der Waals surface area (Å²) in [4.78, 5) is 14.7. The number of benzene rings is 1. The Morgan fingerprint density at radius 2 is 2.00 bits per heavy atom. The maximum atomic E-state index is 10.9. The number of carboxylic acid groups (broad SMARTS) is 1. The molecule has 0 saturated carbocycles. The molecule has 2 N–H and O–H groups in total. The molecule has 1 aromatic carbocycles. The Balaban J connectivity index is 2.40. The number of anilines is 2. The van der Waals surface area contributed by atoms with Crippen LogP contribution in [0.25, 0.3) is 0 Å². The van der Waals surface area contributed by atoms with E-state index in [9.17, 15) is 4.79 Å². The van der Waals surface area contributed by atoms with Gasteiger partial charge in [0.25, 0.3) is 0 Å². The summed E-state index contributed by atoms with van der Waals surface area (Å²) in [5.74, 6) is -1.11. The molecular weight excluding hydrogens is 363 g/mol. The Bertz CT molecular complexity index is 595. The first kappa shape index (κ1) is 13.6. The van der Waals surface area contributed by atoms with Gasteiger partial charge in [-0.25, -0.2) is 9.78 Å². The number of rotatable bonds is 3. The summed E-state index contributed by atoms with van der Waals surface area (Å²) in [6, 6.07) is 3.33. The number of hydrogen-bond acceptors (Lipinski definition) is 4. The lowest BCUT2D eigenvalue weighted by atomic mass is 10.3. The topological polar surface area (TPSA) is 62.2 Å². The van der Waals surface area contributed by atoms with Crippen molar-refractivity contribution in [2.45, 2.75) is 0 Å². The van der Waals surface area contributed by atoms with Crippen LogP contribution < -0.4 is 5.32 Å². The van der Waals surface area contributed by atoms with E-state index >= 15 is 0 Å². The van der Waals surface area contributed by atoms with E-state index in [-0.39, 0.29) is 5.69 Å². The van der Waals surface area contributed by atoms with E-state index in [0.29, 0.717) is 20.7 Å². The van der Waals surface area contributed by atoms with Crippen LogP contribution in [0, 0.1) is 0 Å². The van der Waals surface area contributed by atoms with Crippen LogP contribution in [0.4, 0.5) is 10.7 Å². The van der Waals surface area contributed by atoms with Gasteiger partial charge in [0.1, 0.15) is 5.00 Å². The fourth-order valence-corrected chi connectivity index (χ4v) is 3.24. The van der Waals surface area contributed by atoms with Gasteiger partial charge in [-0.3, -0.25) is 0 Å². The minimum absolute atomic E-state index is 0.0601. The van der Waals surface area contributed by atoms with Crippen LogP contribution >= 0.6 is 50.5 Å². The zero-order valence-electron chi connectivity index (χ0n) is 8.58. The third-order valence-corrected chi connectivity index (χ3v) is 3.81. The van der Waals surface area contributed by atoms with Gasteiger partial charge in [0.05, 0.1) is 21.2 Å². The van der Waals surface area contributed by atoms with Crippen LogP contribution in [-0.2, 0) is 0 Å².